The summed E-state index contributed by atoms with van der Waals surface area (Å²) in [6.45, 7) is 8.56. The van der Waals surface area contributed by atoms with Gasteiger partial charge in [0.2, 0.25) is 0 Å². The molecule has 0 fully saturated rings. The van der Waals surface area contributed by atoms with Crippen molar-refractivity contribution in [1.82, 2.24) is 0 Å². The third-order valence-corrected chi connectivity index (χ3v) is 17.0. The topological polar surface area (TPSA) is 46.5 Å². The second kappa shape index (κ2) is 19.7. The van der Waals surface area contributed by atoms with Gasteiger partial charge in [0, 0.05) is 0 Å². The Morgan fingerprint density at radius 1 is 0.515 bits per heavy atom. The van der Waals surface area contributed by atoms with Gasteiger partial charge in [-0.3, -0.25) is 0 Å². The van der Waals surface area contributed by atoms with Crippen molar-refractivity contribution in [1.29, 1.82) is 0 Å². The van der Waals surface area contributed by atoms with Crippen LogP contribution in [0.25, 0.3) is 0 Å². The van der Waals surface area contributed by atoms with Crippen molar-refractivity contribution in [3.63, 3.8) is 0 Å². The Labute approximate surface area is 209 Å². The molecule has 0 heterocycles. The van der Waals surface area contributed by atoms with Crippen LogP contribution >= 0.6 is 14.4 Å². The van der Waals surface area contributed by atoms with Crippen molar-refractivity contribution in [3.8, 4) is 0 Å². The molecule has 0 rings (SSSR count). The van der Waals surface area contributed by atoms with E-state index in [9.17, 15) is 9.46 Å². The molecule has 202 valence electrons. The van der Waals surface area contributed by atoms with Crippen LogP contribution in [-0.4, -0.2) is 35.7 Å². The molecule has 0 aromatic heterocycles. The molecule has 1 unspecified atom stereocenters. The Morgan fingerprint density at radius 2 is 0.818 bits per heavy atom. The van der Waals surface area contributed by atoms with E-state index in [-0.39, 0.29) is 0 Å². The zero-order valence-corrected chi connectivity index (χ0v) is 25.2. The average molecular weight is 509 g/mol. The van der Waals surface area contributed by atoms with Crippen LogP contribution in [0.15, 0.2) is 0 Å². The third kappa shape index (κ3) is 15.3. The van der Waals surface area contributed by atoms with Crippen LogP contribution in [0.2, 0.25) is 0 Å². The molecule has 1 atom stereocenters. The predicted octanol–water partition coefficient (Wildman–Crippen LogP) is 10.8. The predicted molar refractivity (Wildman–Crippen MR) is 154 cm³/mol. The fourth-order valence-electron chi connectivity index (χ4n) is 5.27. The number of rotatable bonds is 25. The minimum absolute atomic E-state index is 0.359. The van der Waals surface area contributed by atoms with E-state index in [0.717, 1.165) is 88.9 Å². The van der Waals surface area contributed by atoms with Gasteiger partial charge in [0.05, 0.1) is 0 Å². The maximum atomic E-state index is 13.5. The van der Waals surface area contributed by atoms with Crippen molar-refractivity contribution in [2.24, 2.45) is 0 Å². The van der Waals surface area contributed by atoms with Crippen molar-refractivity contribution < 1.29 is 13.8 Å². The summed E-state index contributed by atoms with van der Waals surface area (Å²) in [5, 5.41) is 0. The van der Waals surface area contributed by atoms with Crippen LogP contribution < -0.4 is 0 Å². The van der Waals surface area contributed by atoms with Crippen LogP contribution in [0.5, 0.6) is 0 Å². The Bertz CT molecular complexity index is 452. The first-order chi connectivity index (χ1) is 15.8. The maximum absolute atomic E-state index is 13.5. The van der Waals surface area contributed by atoms with Crippen LogP contribution in [0.1, 0.15) is 150 Å². The molecule has 0 aromatic carbocycles. The van der Waals surface area contributed by atoms with Gasteiger partial charge in [-0.15, -0.1) is 0 Å². The van der Waals surface area contributed by atoms with Crippen molar-refractivity contribution in [2.45, 2.75) is 150 Å². The number of unbranched alkanes of at least 4 members (excludes halogenated alkanes) is 13. The van der Waals surface area contributed by atoms with Gasteiger partial charge in [-0.1, -0.05) is 13.3 Å². The van der Waals surface area contributed by atoms with Crippen molar-refractivity contribution in [2.75, 3.05) is 30.8 Å². The molecule has 5 heteroatoms. The molecule has 0 aliphatic carbocycles. The molecular formula is C28H62O3P2. The molecule has 0 bridgehead atoms. The van der Waals surface area contributed by atoms with E-state index in [1.54, 1.807) is 0 Å². The van der Waals surface area contributed by atoms with E-state index in [0.29, 0.717) is 6.16 Å². The van der Waals surface area contributed by atoms with Gasteiger partial charge in [-0.05, 0) is 0 Å². The zero-order valence-electron chi connectivity index (χ0n) is 23.4. The summed E-state index contributed by atoms with van der Waals surface area (Å²) >= 11 is 0. The summed E-state index contributed by atoms with van der Waals surface area (Å²) in [6, 6.07) is 0. The number of hydrogen-bond donors (Lipinski definition) is 1. The number of hydrogen-bond acceptors (Lipinski definition) is 2. The van der Waals surface area contributed by atoms with Gasteiger partial charge in [0.25, 0.3) is 0 Å². The molecule has 33 heavy (non-hydrogen) atoms. The van der Waals surface area contributed by atoms with E-state index in [1.807, 2.05) is 0 Å². The summed E-state index contributed by atoms with van der Waals surface area (Å²) < 4.78 is 20.2. The van der Waals surface area contributed by atoms with Gasteiger partial charge < -0.3 is 0 Å². The van der Waals surface area contributed by atoms with Crippen LogP contribution in [-0.2, 0) is 8.88 Å². The molecular weight excluding hydrogens is 446 g/mol. The fraction of sp³-hybridized carbons (Fsp3) is 1.00. The molecule has 3 nitrogen and oxygen atoms in total. The van der Waals surface area contributed by atoms with Crippen molar-refractivity contribution >= 4 is 14.4 Å². The van der Waals surface area contributed by atoms with Gasteiger partial charge in [0.1, 0.15) is 0 Å². The van der Waals surface area contributed by atoms with Crippen LogP contribution in [0.3, 0.4) is 0 Å². The molecule has 0 amide bonds. The van der Waals surface area contributed by atoms with Gasteiger partial charge in [-0.25, -0.2) is 0 Å². The molecule has 0 aromatic rings. The first kappa shape index (κ1) is 33.6. The van der Waals surface area contributed by atoms with Gasteiger partial charge in [-0.2, -0.15) is 0 Å². The molecule has 0 saturated carbocycles. The molecule has 0 saturated heterocycles. The standard InChI is InChI=1S/C28H62O3P2/c1-6-11-16-17-18-19-20-21-22-23-24-32(29,30)31-33(25-12-7-2,26-13-8-3,27-14-9-4)28-15-10-5/h6-28H2,1-5H3,(H,29,30). The fourth-order valence-corrected chi connectivity index (χ4v) is 16.2. The first-order valence-electron chi connectivity index (χ1n) is 14.9. The second-order valence-corrected chi connectivity index (χ2v) is 18.7. The monoisotopic (exact) mass is 508 g/mol. The molecule has 0 aliphatic rings. The Kier molecular flexibility index (Phi) is 20.1. The Balaban J connectivity index is 5.04. The summed E-state index contributed by atoms with van der Waals surface area (Å²) in [5.41, 5.74) is 0. The Morgan fingerprint density at radius 3 is 1.15 bits per heavy atom. The van der Waals surface area contributed by atoms with E-state index >= 15 is 0 Å². The van der Waals surface area contributed by atoms with Crippen molar-refractivity contribution in [3.05, 3.63) is 0 Å². The summed E-state index contributed by atoms with van der Waals surface area (Å²) in [7, 11) is -3.56. The Hall–Kier alpha value is 0.580. The van der Waals surface area contributed by atoms with E-state index in [2.05, 4.69) is 34.6 Å². The summed E-state index contributed by atoms with van der Waals surface area (Å²) in [5.74, 6) is 0. The second-order valence-electron chi connectivity index (χ2n) is 10.8. The van der Waals surface area contributed by atoms with Gasteiger partial charge >= 0.3 is 196 Å². The summed E-state index contributed by atoms with van der Waals surface area (Å²) in [4.78, 5) is 11.1. The quantitative estimate of drug-likeness (QED) is 0.0985. The summed E-state index contributed by atoms with van der Waals surface area (Å²) in [6.07, 6.45) is 26.1. The molecule has 1 N–H and O–H groups in total. The molecule has 0 spiro atoms. The van der Waals surface area contributed by atoms with E-state index < -0.39 is 14.4 Å². The van der Waals surface area contributed by atoms with Gasteiger partial charge in [0.15, 0.2) is 0 Å². The van der Waals surface area contributed by atoms with Crippen LogP contribution in [0, 0.1) is 0 Å². The average Bonchev–Trinajstić information content (AvgIpc) is 2.80. The van der Waals surface area contributed by atoms with E-state index in [1.165, 1.54) is 51.4 Å². The SMILES string of the molecule is CCCCCCCCCCCCP(=O)(O)OP(CCCC)(CCCC)(CCCC)CCCC. The normalized spacial score (nSPS) is 15.3. The third-order valence-electron chi connectivity index (χ3n) is 7.46. The zero-order chi connectivity index (χ0) is 24.9. The van der Waals surface area contributed by atoms with E-state index in [4.69, 9.17) is 4.31 Å². The molecule has 0 radical (unpaired) electrons. The molecule has 0 aliphatic heterocycles. The van der Waals surface area contributed by atoms with Crippen LogP contribution in [0.4, 0.5) is 0 Å². The first-order valence-corrected chi connectivity index (χ1v) is 19.5. The minimum atomic E-state index is -3.56.